The van der Waals surface area contributed by atoms with Crippen LogP contribution in [0.5, 0.6) is 0 Å². The van der Waals surface area contributed by atoms with E-state index < -0.39 is 5.41 Å². The van der Waals surface area contributed by atoms with Gasteiger partial charge in [-0.05, 0) is 29.7 Å². The first-order valence-corrected chi connectivity index (χ1v) is 9.20. The third-order valence-electron chi connectivity index (χ3n) is 5.13. The van der Waals surface area contributed by atoms with Crippen molar-refractivity contribution in [2.75, 3.05) is 5.32 Å². The second kappa shape index (κ2) is 7.01. The van der Waals surface area contributed by atoms with E-state index in [2.05, 4.69) is 5.32 Å². The molecule has 134 valence electrons. The molecule has 1 amide bonds. The number of ketones is 1. The van der Waals surface area contributed by atoms with E-state index in [0.717, 1.165) is 16.8 Å². The Bertz CT molecular complexity index is 1020. The van der Waals surface area contributed by atoms with Crippen molar-refractivity contribution < 1.29 is 9.59 Å². The topological polar surface area (TPSA) is 46.2 Å². The first kappa shape index (κ1) is 17.5. The highest BCUT2D eigenvalue weighted by atomic mass is 35.5. The SMILES string of the molecule is O=C(C[C@]1(Cc2ccccc2Cl)C(=O)Nc2ccccc21)c1ccccc1. The smallest absolute Gasteiger partial charge is 0.235 e. The molecular weight excluding hydrogens is 358 g/mol. The summed E-state index contributed by atoms with van der Waals surface area (Å²) in [4.78, 5) is 26.2. The van der Waals surface area contributed by atoms with Gasteiger partial charge in [-0.1, -0.05) is 78.3 Å². The van der Waals surface area contributed by atoms with Crippen molar-refractivity contribution in [2.45, 2.75) is 18.3 Å². The number of carbonyl (C=O) groups excluding carboxylic acids is 2. The molecule has 3 aromatic rings. The fourth-order valence-corrected chi connectivity index (χ4v) is 3.96. The maximum absolute atomic E-state index is 13.1. The minimum atomic E-state index is -0.978. The standard InChI is InChI=1S/C23H18ClNO2/c24-19-12-6-4-10-17(19)14-23(15-21(26)16-8-2-1-3-9-16)18-11-5-7-13-20(18)25-22(23)27/h1-13H,14-15H2,(H,25,27)/t23-/m0/s1. The van der Waals surface area contributed by atoms with Gasteiger partial charge in [-0.25, -0.2) is 0 Å². The monoisotopic (exact) mass is 375 g/mol. The zero-order chi connectivity index (χ0) is 18.9. The van der Waals surface area contributed by atoms with Crippen LogP contribution < -0.4 is 5.32 Å². The zero-order valence-corrected chi connectivity index (χ0v) is 15.4. The van der Waals surface area contributed by atoms with Crippen LogP contribution in [-0.4, -0.2) is 11.7 Å². The number of anilines is 1. The molecule has 27 heavy (non-hydrogen) atoms. The number of Topliss-reactive ketones (excluding diaryl/α,β-unsaturated/α-hetero) is 1. The van der Waals surface area contributed by atoms with Gasteiger partial charge in [0.05, 0.1) is 5.41 Å². The van der Waals surface area contributed by atoms with Crippen LogP contribution in [0.1, 0.15) is 27.9 Å². The van der Waals surface area contributed by atoms with Gasteiger partial charge in [0.15, 0.2) is 5.78 Å². The lowest BCUT2D eigenvalue weighted by atomic mass is 9.72. The van der Waals surface area contributed by atoms with E-state index in [4.69, 9.17) is 11.6 Å². The first-order valence-electron chi connectivity index (χ1n) is 8.83. The average molecular weight is 376 g/mol. The average Bonchev–Trinajstić information content (AvgIpc) is 2.96. The van der Waals surface area contributed by atoms with Gasteiger partial charge in [-0.2, -0.15) is 0 Å². The van der Waals surface area contributed by atoms with Crippen molar-refractivity contribution in [3.05, 3.63) is 101 Å². The van der Waals surface area contributed by atoms with E-state index in [1.165, 1.54) is 0 Å². The molecule has 0 spiro atoms. The van der Waals surface area contributed by atoms with E-state index in [1.54, 1.807) is 12.1 Å². The molecule has 4 heteroatoms. The number of hydrogen-bond acceptors (Lipinski definition) is 2. The van der Waals surface area contributed by atoms with Crippen LogP contribution in [0.25, 0.3) is 0 Å². The Balaban J connectivity index is 1.80. The Kier molecular flexibility index (Phi) is 4.54. The highest BCUT2D eigenvalue weighted by molar-refractivity contribution is 6.31. The van der Waals surface area contributed by atoms with E-state index >= 15 is 0 Å². The molecule has 3 nitrogen and oxygen atoms in total. The van der Waals surface area contributed by atoms with Crippen molar-refractivity contribution in [2.24, 2.45) is 0 Å². The molecule has 3 aromatic carbocycles. The van der Waals surface area contributed by atoms with Gasteiger partial charge in [-0.3, -0.25) is 9.59 Å². The normalized spacial score (nSPS) is 18.0. The third kappa shape index (κ3) is 3.15. The maximum Gasteiger partial charge on any atom is 0.235 e. The fraction of sp³-hybridized carbons (Fsp3) is 0.130. The molecule has 1 aliphatic heterocycles. The molecule has 0 aliphatic carbocycles. The van der Waals surface area contributed by atoms with Gasteiger partial charge in [0.25, 0.3) is 0 Å². The summed E-state index contributed by atoms with van der Waals surface area (Å²) < 4.78 is 0. The van der Waals surface area contributed by atoms with Crippen LogP contribution in [0.4, 0.5) is 5.69 Å². The lowest BCUT2D eigenvalue weighted by Gasteiger charge is -2.27. The molecule has 1 aliphatic rings. The molecule has 0 radical (unpaired) electrons. The fourth-order valence-electron chi connectivity index (χ4n) is 3.75. The van der Waals surface area contributed by atoms with Crippen molar-refractivity contribution in [1.82, 2.24) is 0 Å². The Morgan fingerprint density at radius 3 is 2.33 bits per heavy atom. The van der Waals surface area contributed by atoms with Gasteiger partial charge in [-0.15, -0.1) is 0 Å². The number of fused-ring (bicyclic) bond motifs is 1. The number of nitrogens with one attached hydrogen (secondary N) is 1. The van der Waals surface area contributed by atoms with Crippen molar-refractivity contribution in [1.29, 1.82) is 0 Å². The van der Waals surface area contributed by atoms with Gasteiger partial charge < -0.3 is 5.32 Å². The molecule has 0 unspecified atom stereocenters. The molecular formula is C23H18ClNO2. The molecule has 0 bridgehead atoms. The lowest BCUT2D eigenvalue weighted by molar-refractivity contribution is -0.120. The lowest BCUT2D eigenvalue weighted by Crippen LogP contribution is -2.39. The predicted octanol–water partition coefficient (Wildman–Crippen LogP) is 5.05. The van der Waals surface area contributed by atoms with E-state index in [0.29, 0.717) is 17.0 Å². The van der Waals surface area contributed by atoms with Gasteiger partial charge in [0, 0.05) is 22.7 Å². The molecule has 0 saturated carbocycles. The van der Waals surface area contributed by atoms with Crippen LogP contribution in [0.3, 0.4) is 0 Å². The first-order chi connectivity index (χ1) is 13.1. The van der Waals surface area contributed by atoms with E-state index in [1.807, 2.05) is 66.7 Å². The molecule has 4 rings (SSSR count). The van der Waals surface area contributed by atoms with Gasteiger partial charge in [0.2, 0.25) is 5.91 Å². The number of amides is 1. The van der Waals surface area contributed by atoms with Crippen molar-refractivity contribution in [3.8, 4) is 0 Å². The largest absolute Gasteiger partial charge is 0.325 e. The predicted molar refractivity (Wildman–Crippen MR) is 107 cm³/mol. The second-order valence-electron chi connectivity index (χ2n) is 6.82. The van der Waals surface area contributed by atoms with Gasteiger partial charge >= 0.3 is 0 Å². The Labute approximate surface area is 163 Å². The summed E-state index contributed by atoms with van der Waals surface area (Å²) in [5, 5.41) is 3.55. The minimum Gasteiger partial charge on any atom is -0.325 e. The van der Waals surface area contributed by atoms with Crippen LogP contribution in [0.2, 0.25) is 5.02 Å². The molecule has 0 aromatic heterocycles. The van der Waals surface area contributed by atoms with Gasteiger partial charge in [0.1, 0.15) is 0 Å². The summed E-state index contributed by atoms with van der Waals surface area (Å²) in [5.74, 6) is -0.220. The quantitative estimate of drug-likeness (QED) is 0.634. The number of benzene rings is 3. The Morgan fingerprint density at radius 1 is 0.889 bits per heavy atom. The molecule has 1 atom stereocenters. The highest BCUT2D eigenvalue weighted by Crippen LogP contribution is 2.44. The van der Waals surface area contributed by atoms with E-state index in [9.17, 15) is 9.59 Å². The number of carbonyl (C=O) groups is 2. The zero-order valence-electron chi connectivity index (χ0n) is 14.6. The minimum absolute atomic E-state index is 0.0606. The summed E-state index contributed by atoms with van der Waals surface area (Å²) >= 11 is 6.38. The molecule has 0 saturated heterocycles. The number of para-hydroxylation sites is 1. The summed E-state index contributed by atoms with van der Waals surface area (Å²) in [6.07, 6.45) is 0.458. The third-order valence-corrected chi connectivity index (χ3v) is 5.50. The van der Waals surface area contributed by atoms with Crippen LogP contribution in [0, 0.1) is 0 Å². The summed E-state index contributed by atoms with van der Waals surface area (Å²) in [5.41, 5.74) is 2.09. The Morgan fingerprint density at radius 2 is 1.56 bits per heavy atom. The second-order valence-corrected chi connectivity index (χ2v) is 7.22. The van der Waals surface area contributed by atoms with Crippen molar-refractivity contribution in [3.63, 3.8) is 0 Å². The van der Waals surface area contributed by atoms with Crippen LogP contribution in [0.15, 0.2) is 78.9 Å². The molecule has 1 N–H and O–H groups in total. The highest BCUT2D eigenvalue weighted by Gasteiger charge is 2.48. The molecule has 0 fully saturated rings. The summed E-state index contributed by atoms with van der Waals surface area (Å²) in [6, 6.07) is 24.1. The van der Waals surface area contributed by atoms with Crippen LogP contribution >= 0.6 is 11.6 Å². The number of hydrogen-bond donors (Lipinski definition) is 1. The Hall–Kier alpha value is -2.91. The number of rotatable bonds is 5. The molecule has 1 heterocycles. The van der Waals surface area contributed by atoms with Crippen molar-refractivity contribution >= 4 is 29.0 Å². The van der Waals surface area contributed by atoms with Crippen LogP contribution in [-0.2, 0) is 16.6 Å². The maximum atomic E-state index is 13.1. The van der Waals surface area contributed by atoms with E-state index in [-0.39, 0.29) is 18.1 Å². The summed E-state index contributed by atoms with van der Waals surface area (Å²) in [6.45, 7) is 0. The summed E-state index contributed by atoms with van der Waals surface area (Å²) in [7, 11) is 0. The number of halogens is 1.